The third-order valence-corrected chi connectivity index (χ3v) is 17.0. The Bertz CT molecular complexity index is 3130. The number of carbonyl (C=O) groups is 8. The number of aryl methyl sites for hydroxylation is 4. The number of rotatable bonds is 31. The molecular formula is C65H107N11O18S2. The van der Waals surface area contributed by atoms with Gasteiger partial charge in [-0.3, -0.25) is 62.5 Å². The first-order chi connectivity index (χ1) is 44.5. The lowest BCUT2D eigenvalue weighted by molar-refractivity contribution is -0.158. The molecule has 0 aliphatic carbocycles. The van der Waals surface area contributed by atoms with Gasteiger partial charge < -0.3 is 50.3 Å². The topological polar surface area (TPSA) is 369 Å². The van der Waals surface area contributed by atoms with Gasteiger partial charge in [-0.25, -0.2) is 13.4 Å². The van der Waals surface area contributed by atoms with Crippen LogP contribution in [0.2, 0.25) is 0 Å². The lowest BCUT2D eigenvalue weighted by atomic mass is 10.1. The molecule has 7 N–H and O–H groups in total. The lowest BCUT2D eigenvalue weighted by Gasteiger charge is -2.34. The predicted octanol–water partition coefficient (Wildman–Crippen LogP) is 2.59. The average molecular weight is 1390 g/mol. The summed E-state index contributed by atoms with van der Waals surface area (Å²) in [4.78, 5) is 118. The van der Waals surface area contributed by atoms with Crippen molar-refractivity contribution in [2.24, 2.45) is 0 Å². The van der Waals surface area contributed by atoms with Crippen molar-refractivity contribution >= 4 is 73.5 Å². The van der Waals surface area contributed by atoms with E-state index in [1.54, 1.807) is 102 Å². The first-order valence-corrected chi connectivity index (χ1v) is 35.9. The zero-order valence-electron chi connectivity index (χ0n) is 58.8. The van der Waals surface area contributed by atoms with Gasteiger partial charge >= 0.3 is 23.9 Å². The second-order valence-electron chi connectivity index (χ2n) is 28.3. The molecule has 0 unspecified atom stereocenters. The number of aromatic nitrogens is 1. The summed E-state index contributed by atoms with van der Waals surface area (Å²) in [5.74, 6) is -4.86. The summed E-state index contributed by atoms with van der Waals surface area (Å²) in [6.07, 6.45) is 4.29. The normalized spacial score (nSPS) is 16.0. The molecule has 0 saturated carbocycles. The van der Waals surface area contributed by atoms with Crippen molar-refractivity contribution in [1.82, 2.24) is 50.6 Å². The van der Waals surface area contributed by atoms with Crippen LogP contribution < -0.4 is 36.0 Å². The number of amides is 4. The first kappa shape index (κ1) is 81.8. The van der Waals surface area contributed by atoms with Crippen LogP contribution in [0.15, 0.2) is 29.2 Å². The van der Waals surface area contributed by atoms with Gasteiger partial charge in [0, 0.05) is 97.1 Å². The third kappa shape index (κ3) is 33.6. The largest absolute Gasteiger partial charge is 0.494 e. The summed E-state index contributed by atoms with van der Waals surface area (Å²) in [6.45, 7) is 25.2. The first-order valence-electron chi connectivity index (χ1n) is 32.8. The molecule has 0 spiro atoms. The van der Waals surface area contributed by atoms with E-state index < -0.39 is 102 Å². The number of pyridine rings is 1. The van der Waals surface area contributed by atoms with Crippen LogP contribution in [0, 0.1) is 13.8 Å². The van der Waals surface area contributed by atoms with E-state index in [1.807, 2.05) is 20.8 Å². The molecule has 96 heavy (non-hydrogen) atoms. The van der Waals surface area contributed by atoms with Crippen LogP contribution in [0.3, 0.4) is 0 Å². The number of fused-ring (bicyclic) bond motifs is 1. The van der Waals surface area contributed by atoms with Crippen LogP contribution in [0.5, 0.6) is 5.75 Å². The van der Waals surface area contributed by atoms with Gasteiger partial charge in [0.1, 0.15) is 51.8 Å². The molecule has 3 heterocycles. The SMILES string of the molecule is Cc1cc(OCCCC(=O)NCCNC(=O)[C@H](CS(=O)(=O)O)NC(=O)CN2CCN(CC(=O)OC(C)(C)C)CCN(CC(=O)OC(C)(C)C)CCN(CC(=O)OC(C)(C)C)CC2)cc(C)c1S(=O)(=O)N[C@@H](CNC(=O)CCCCc1ccc2c(n1)NCCC2)C(=O)OC(C)(C)C. The Morgan fingerprint density at radius 3 is 1.55 bits per heavy atom. The van der Waals surface area contributed by atoms with Crippen molar-refractivity contribution in [3.05, 3.63) is 46.6 Å². The predicted molar refractivity (Wildman–Crippen MR) is 360 cm³/mol. The fourth-order valence-electron chi connectivity index (χ4n) is 10.4. The van der Waals surface area contributed by atoms with Crippen LogP contribution in [-0.4, -0.2) is 245 Å². The molecule has 29 nitrogen and oxygen atoms in total. The standard InChI is InChI=1S/C65H107N11O18S2/c1-45-37-49(38-46(2)58(45)96(88,89)72-50(61(84)94-65(12,13)14)39-69-53(78)21-16-15-20-48-24-23-47-19-17-25-67-59(47)70-48)90-36-18-22-52(77)66-26-27-68-60(83)51(44-95(85,86)87)71-54(79)40-73-28-30-74(41-55(80)91-62(3,4)5)32-34-76(43-57(82)93-64(9,10)11)35-33-75(31-29-73)42-56(81)92-63(6,7)8/h23-24,37-38,50-51,72H,15-22,25-36,39-44H2,1-14H3,(H,66,77)(H,67,70)(H,68,83)(H,69,78)(H,71,79)(H,85,86,87)/t50-,51-/m0/s1. The van der Waals surface area contributed by atoms with Crippen molar-refractivity contribution in [2.75, 3.05) is 122 Å². The van der Waals surface area contributed by atoms with Gasteiger partial charge in [0.25, 0.3) is 10.1 Å². The molecule has 2 aliphatic rings. The zero-order chi connectivity index (χ0) is 71.8. The van der Waals surface area contributed by atoms with E-state index in [-0.39, 0.29) is 122 Å². The highest BCUT2D eigenvalue weighted by atomic mass is 32.2. The van der Waals surface area contributed by atoms with Crippen molar-refractivity contribution in [1.29, 1.82) is 0 Å². The molecule has 1 fully saturated rings. The third-order valence-electron chi connectivity index (χ3n) is 14.4. The van der Waals surface area contributed by atoms with Gasteiger partial charge in [-0.1, -0.05) is 6.07 Å². The quantitative estimate of drug-likeness (QED) is 0.0247. The number of hydrogen-bond donors (Lipinski definition) is 7. The molecule has 1 saturated heterocycles. The number of anilines is 1. The van der Waals surface area contributed by atoms with Crippen molar-refractivity contribution < 1.29 is 83.4 Å². The van der Waals surface area contributed by atoms with E-state index >= 15 is 0 Å². The van der Waals surface area contributed by atoms with Gasteiger partial charge in [-0.05, 0) is 170 Å². The fourth-order valence-corrected chi connectivity index (χ4v) is 12.6. The molecule has 0 radical (unpaired) electrons. The average Bonchev–Trinajstić information content (AvgIpc) is 0.794. The van der Waals surface area contributed by atoms with E-state index in [9.17, 15) is 59.7 Å². The minimum Gasteiger partial charge on any atom is -0.494 e. The number of esters is 4. The summed E-state index contributed by atoms with van der Waals surface area (Å²) < 4.78 is 93.0. The van der Waals surface area contributed by atoms with E-state index in [4.69, 9.17) is 28.7 Å². The second kappa shape index (κ2) is 37.4. The minimum atomic E-state index is -4.84. The Morgan fingerprint density at radius 1 is 0.594 bits per heavy atom. The molecule has 4 rings (SSSR count). The molecule has 2 atom stereocenters. The maximum Gasteiger partial charge on any atom is 0.326 e. The highest BCUT2D eigenvalue weighted by Crippen LogP contribution is 2.27. The molecule has 4 amide bonds. The second-order valence-corrected chi connectivity index (χ2v) is 31.4. The van der Waals surface area contributed by atoms with Crippen molar-refractivity contribution in [2.45, 2.75) is 188 Å². The number of nitrogens with zero attached hydrogens (tertiary/aromatic N) is 5. The van der Waals surface area contributed by atoms with Gasteiger partial charge in [-0.2, -0.15) is 13.1 Å². The number of nitrogens with one attached hydrogen (secondary N) is 6. The van der Waals surface area contributed by atoms with Crippen molar-refractivity contribution in [3.8, 4) is 5.75 Å². The number of benzene rings is 1. The van der Waals surface area contributed by atoms with Gasteiger partial charge in [-0.15, -0.1) is 0 Å². The smallest absolute Gasteiger partial charge is 0.326 e. The molecule has 0 bridgehead atoms. The van der Waals surface area contributed by atoms with Gasteiger partial charge in [0.2, 0.25) is 33.7 Å². The maximum absolute atomic E-state index is 14.0. The molecule has 542 valence electrons. The van der Waals surface area contributed by atoms with Crippen LogP contribution in [-0.2, 0) is 90.3 Å². The Balaban J connectivity index is 1.31. The van der Waals surface area contributed by atoms with Gasteiger partial charge in [0.05, 0.1) is 37.7 Å². The Hall–Kier alpha value is -6.61. The van der Waals surface area contributed by atoms with Crippen LogP contribution >= 0.6 is 0 Å². The van der Waals surface area contributed by atoms with Crippen LogP contribution in [0.1, 0.15) is 144 Å². The molecule has 1 aromatic heterocycles. The monoisotopic (exact) mass is 1390 g/mol. The molecule has 2 aliphatic heterocycles. The number of ether oxygens (including phenoxy) is 5. The molecular weight excluding hydrogens is 1290 g/mol. The number of hydrogen-bond acceptors (Lipinski definition) is 23. The number of carbonyl (C=O) groups excluding carboxylic acids is 8. The van der Waals surface area contributed by atoms with E-state index in [0.29, 0.717) is 49.2 Å². The van der Waals surface area contributed by atoms with Crippen LogP contribution in [0.25, 0.3) is 0 Å². The highest BCUT2D eigenvalue weighted by molar-refractivity contribution is 7.89. The van der Waals surface area contributed by atoms with Crippen LogP contribution in [0.4, 0.5) is 5.82 Å². The highest BCUT2D eigenvalue weighted by Gasteiger charge is 2.34. The Kier molecular flexibility index (Phi) is 31.9. The van der Waals surface area contributed by atoms with Gasteiger partial charge in [0.15, 0.2) is 0 Å². The maximum atomic E-state index is 14.0. The molecule has 1 aromatic carbocycles. The minimum absolute atomic E-state index is 0.0303. The van der Waals surface area contributed by atoms with E-state index in [2.05, 4.69) is 37.4 Å². The zero-order valence-corrected chi connectivity index (χ0v) is 60.4. The Labute approximate surface area is 567 Å². The molecule has 31 heteroatoms. The lowest BCUT2D eigenvalue weighted by Crippen LogP contribution is -2.54. The number of sulfonamides is 1. The van der Waals surface area contributed by atoms with E-state index in [1.165, 1.54) is 17.7 Å². The summed E-state index contributed by atoms with van der Waals surface area (Å²) in [7, 11) is -9.23. The molecule has 2 aromatic rings. The summed E-state index contributed by atoms with van der Waals surface area (Å²) in [5.41, 5.74) is -0.581. The summed E-state index contributed by atoms with van der Waals surface area (Å²) in [6, 6.07) is 3.85. The van der Waals surface area contributed by atoms with E-state index in [0.717, 1.165) is 30.9 Å². The fraction of sp³-hybridized carbons (Fsp3) is 0.708. The number of unbranched alkanes of at least 4 members (excludes halogenated alkanes) is 1. The Morgan fingerprint density at radius 2 is 1.06 bits per heavy atom. The van der Waals surface area contributed by atoms with Crippen molar-refractivity contribution in [3.63, 3.8) is 0 Å². The summed E-state index contributed by atoms with van der Waals surface area (Å²) >= 11 is 0. The summed E-state index contributed by atoms with van der Waals surface area (Å²) in [5, 5.41) is 13.6.